The second kappa shape index (κ2) is 5.12. The molecule has 7 heteroatoms. The van der Waals surface area contributed by atoms with E-state index in [1.165, 1.54) is 0 Å². The first-order valence-corrected chi connectivity index (χ1v) is 7.36. The molecule has 98 valence electrons. The minimum Gasteiger partial charge on any atom is -0.454 e. The molecule has 2 heterocycles. The Balaban J connectivity index is 2.10. The van der Waals surface area contributed by atoms with Crippen molar-refractivity contribution in [1.82, 2.24) is 9.97 Å². The van der Waals surface area contributed by atoms with Gasteiger partial charge in [-0.1, -0.05) is 0 Å². The molecule has 0 bridgehead atoms. The number of benzene rings is 1. The van der Waals surface area contributed by atoms with Gasteiger partial charge in [-0.2, -0.15) is 0 Å². The van der Waals surface area contributed by atoms with Crippen LogP contribution in [0.5, 0.6) is 11.5 Å². The Morgan fingerprint density at radius 3 is 3.00 bits per heavy atom. The van der Waals surface area contributed by atoms with Crippen LogP contribution in [0.15, 0.2) is 22.8 Å². The fourth-order valence-corrected chi connectivity index (χ4v) is 2.86. The highest BCUT2D eigenvalue weighted by atomic mass is 127. The second-order valence-corrected chi connectivity index (χ2v) is 5.85. The summed E-state index contributed by atoms with van der Waals surface area (Å²) in [7, 11) is 1.84. The molecule has 1 aromatic heterocycles. The monoisotopic (exact) mass is 433 g/mol. The molecule has 0 radical (unpaired) electrons. The van der Waals surface area contributed by atoms with Gasteiger partial charge in [-0.3, -0.25) is 0 Å². The van der Waals surface area contributed by atoms with Crippen LogP contribution in [0.1, 0.15) is 0 Å². The van der Waals surface area contributed by atoms with Crippen LogP contribution in [0.25, 0.3) is 11.4 Å². The van der Waals surface area contributed by atoms with Crippen LogP contribution in [0, 0.1) is 3.57 Å². The van der Waals surface area contributed by atoms with E-state index < -0.39 is 0 Å². The van der Waals surface area contributed by atoms with E-state index in [4.69, 9.17) is 9.47 Å². The number of ether oxygens (including phenoxy) is 2. The van der Waals surface area contributed by atoms with Gasteiger partial charge in [0.25, 0.3) is 0 Å². The lowest BCUT2D eigenvalue weighted by atomic mass is 10.2. The molecule has 19 heavy (non-hydrogen) atoms. The second-order valence-electron chi connectivity index (χ2n) is 3.83. The number of hydrogen-bond acceptors (Lipinski definition) is 5. The minimum atomic E-state index is 0.243. The summed E-state index contributed by atoms with van der Waals surface area (Å²) in [6.07, 6.45) is 1.78. The van der Waals surface area contributed by atoms with Crippen LogP contribution >= 0.6 is 38.5 Å². The number of hydrogen-bond donors (Lipinski definition) is 1. The summed E-state index contributed by atoms with van der Waals surface area (Å²) in [6, 6.07) is 3.81. The topological polar surface area (TPSA) is 56.3 Å². The molecule has 2 aromatic rings. The van der Waals surface area contributed by atoms with Crippen molar-refractivity contribution in [3.8, 4) is 22.9 Å². The Morgan fingerprint density at radius 2 is 2.21 bits per heavy atom. The van der Waals surface area contributed by atoms with E-state index in [1.54, 1.807) is 6.20 Å². The molecule has 1 aromatic carbocycles. The van der Waals surface area contributed by atoms with E-state index in [0.717, 1.165) is 25.2 Å². The number of nitrogens with one attached hydrogen (secondary N) is 1. The number of aromatic nitrogens is 2. The molecule has 3 rings (SSSR count). The summed E-state index contributed by atoms with van der Waals surface area (Å²) in [6.45, 7) is 0.243. The Kier molecular flexibility index (Phi) is 3.48. The average Bonchev–Trinajstić information content (AvgIpc) is 2.88. The van der Waals surface area contributed by atoms with Crippen molar-refractivity contribution in [2.75, 3.05) is 19.2 Å². The molecule has 0 saturated heterocycles. The molecule has 0 fully saturated rings. The van der Waals surface area contributed by atoms with E-state index >= 15 is 0 Å². The highest BCUT2D eigenvalue weighted by molar-refractivity contribution is 14.1. The third-order valence-electron chi connectivity index (χ3n) is 2.67. The fraction of sp³-hybridized carbons (Fsp3) is 0.167. The van der Waals surface area contributed by atoms with Gasteiger partial charge in [0.2, 0.25) is 6.79 Å². The molecule has 1 aliphatic rings. The first-order chi connectivity index (χ1) is 9.19. The van der Waals surface area contributed by atoms with E-state index in [1.807, 2.05) is 19.2 Å². The van der Waals surface area contributed by atoms with E-state index in [9.17, 15) is 0 Å². The van der Waals surface area contributed by atoms with Crippen LogP contribution in [0.2, 0.25) is 0 Å². The normalized spacial score (nSPS) is 12.6. The molecule has 0 unspecified atom stereocenters. The lowest BCUT2D eigenvalue weighted by molar-refractivity contribution is 0.173. The summed E-state index contributed by atoms with van der Waals surface area (Å²) < 4.78 is 12.6. The van der Waals surface area contributed by atoms with Crippen molar-refractivity contribution in [2.45, 2.75) is 0 Å². The molecule has 0 amide bonds. The van der Waals surface area contributed by atoms with Crippen molar-refractivity contribution in [1.29, 1.82) is 0 Å². The Bertz CT molecular complexity index is 651. The summed E-state index contributed by atoms with van der Waals surface area (Å²) >= 11 is 5.66. The Morgan fingerprint density at radius 1 is 1.37 bits per heavy atom. The average molecular weight is 434 g/mol. The highest BCUT2D eigenvalue weighted by Gasteiger charge is 2.19. The van der Waals surface area contributed by atoms with Crippen LogP contribution in [0.4, 0.5) is 5.82 Å². The summed E-state index contributed by atoms with van der Waals surface area (Å²) in [5.41, 5.74) is 0.879. The first kappa shape index (κ1) is 12.9. The zero-order valence-corrected chi connectivity index (χ0v) is 13.6. The first-order valence-electron chi connectivity index (χ1n) is 5.49. The van der Waals surface area contributed by atoms with Gasteiger partial charge in [0.1, 0.15) is 5.82 Å². The summed E-state index contributed by atoms with van der Waals surface area (Å²) in [4.78, 5) is 8.83. The van der Waals surface area contributed by atoms with Gasteiger partial charge in [0, 0.05) is 18.8 Å². The van der Waals surface area contributed by atoms with Crippen molar-refractivity contribution in [2.24, 2.45) is 0 Å². The third kappa shape index (κ3) is 2.36. The lowest BCUT2D eigenvalue weighted by Crippen LogP contribution is -1.99. The number of fused-ring (bicyclic) bond motifs is 1. The third-order valence-corrected chi connectivity index (χ3v) is 4.04. The van der Waals surface area contributed by atoms with Crippen LogP contribution in [-0.4, -0.2) is 23.8 Å². The van der Waals surface area contributed by atoms with Crippen LogP contribution in [0.3, 0.4) is 0 Å². The number of rotatable bonds is 2. The summed E-state index contributed by atoms with van der Waals surface area (Å²) in [5.74, 6) is 2.88. The maximum atomic E-state index is 5.40. The molecular formula is C12H9BrIN3O2. The minimum absolute atomic E-state index is 0.243. The van der Waals surface area contributed by atoms with Gasteiger partial charge in [0.05, 0.1) is 8.04 Å². The van der Waals surface area contributed by atoms with Crippen molar-refractivity contribution in [3.63, 3.8) is 0 Å². The van der Waals surface area contributed by atoms with Gasteiger partial charge >= 0.3 is 0 Å². The molecular weight excluding hydrogens is 425 g/mol. The van der Waals surface area contributed by atoms with E-state index in [2.05, 4.69) is 53.8 Å². The zero-order valence-electron chi connectivity index (χ0n) is 9.91. The van der Waals surface area contributed by atoms with Gasteiger partial charge in [0.15, 0.2) is 17.3 Å². The molecule has 0 spiro atoms. The van der Waals surface area contributed by atoms with Gasteiger partial charge in [-0.05, 0) is 50.7 Å². The molecule has 0 atom stereocenters. The molecule has 0 saturated carbocycles. The SMILES string of the molecule is CNc1nc(-c2cc(Br)c3c(c2)OCO3)ncc1I. The van der Waals surface area contributed by atoms with Gasteiger partial charge < -0.3 is 14.8 Å². The van der Waals surface area contributed by atoms with Crippen molar-refractivity contribution in [3.05, 3.63) is 26.4 Å². The zero-order chi connectivity index (χ0) is 13.4. The van der Waals surface area contributed by atoms with E-state index in [-0.39, 0.29) is 6.79 Å². The lowest BCUT2D eigenvalue weighted by Gasteiger charge is -2.07. The quantitative estimate of drug-likeness (QED) is 0.736. The molecule has 5 nitrogen and oxygen atoms in total. The maximum Gasteiger partial charge on any atom is 0.231 e. The van der Waals surface area contributed by atoms with E-state index in [0.29, 0.717) is 11.6 Å². The molecule has 1 N–H and O–H groups in total. The Hall–Kier alpha value is -1.09. The molecule has 0 aliphatic carbocycles. The Labute approximate surface area is 132 Å². The van der Waals surface area contributed by atoms with Crippen molar-refractivity contribution < 1.29 is 9.47 Å². The van der Waals surface area contributed by atoms with Crippen LogP contribution in [-0.2, 0) is 0 Å². The summed E-state index contributed by atoms with van der Waals surface area (Å²) in [5, 5.41) is 3.05. The largest absolute Gasteiger partial charge is 0.454 e. The van der Waals surface area contributed by atoms with Crippen LogP contribution < -0.4 is 14.8 Å². The fourth-order valence-electron chi connectivity index (χ4n) is 1.78. The number of halogens is 2. The number of nitrogens with zero attached hydrogens (tertiary/aromatic N) is 2. The van der Waals surface area contributed by atoms with Gasteiger partial charge in [-0.25, -0.2) is 9.97 Å². The number of anilines is 1. The van der Waals surface area contributed by atoms with Gasteiger partial charge in [-0.15, -0.1) is 0 Å². The molecule has 1 aliphatic heterocycles. The van der Waals surface area contributed by atoms with Crippen molar-refractivity contribution >= 4 is 44.3 Å². The standard InChI is InChI=1S/C12H9BrIN3O2/c1-15-12-8(14)4-16-11(17-12)6-2-7(13)10-9(3-6)18-5-19-10/h2-4H,5H2,1H3,(H,15,16,17). The predicted octanol–water partition coefficient (Wildman–Crippen LogP) is 3.28. The predicted molar refractivity (Wildman–Crippen MR) is 83.6 cm³/mol. The smallest absolute Gasteiger partial charge is 0.231 e. The highest BCUT2D eigenvalue weighted by Crippen LogP contribution is 2.42. The maximum absolute atomic E-state index is 5.40.